The van der Waals surface area contributed by atoms with Gasteiger partial charge in [-0.25, -0.2) is 4.39 Å². The van der Waals surface area contributed by atoms with E-state index in [1.165, 1.54) is 30.5 Å². The van der Waals surface area contributed by atoms with E-state index in [4.69, 9.17) is 4.74 Å². The van der Waals surface area contributed by atoms with Gasteiger partial charge in [-0.05, 0) is 37.6 Å². The molecule has 5 nitrogen and oxygen atoms in total. The second kappa shape index (κ2) is 8.67. The van der Waals surface area contributed by atoms with Gasteiger partial charge in [0.15, 0.2) is 6.61 Å². The van der Waals surface area contributed by atoms with Gasteiger partial charge in [0.1, 0.15) is 17.3 Å². The minimum absolute atomic E-state index is 0.00126. The Bertz CT molecular complexity index is 842. The zero-order chi connectivity index (χ0) is 21.0. The Hall–Kier alpha value is -2.84. The van der Waals surface area contributed by atoms with Gasteiger partial charge >= 0.3 is 6.18 Å². The molecule has 3 rings (SSSR count). The summed E-state index contributed by atoms with van der Waals surface area (Å²) in [7, 11) is 0. The SMILES string of the molecule is C[C@@H](NC(=O)C1CC1COc1cccc(F)c1)c1ccc(OCC(F)(F)F)cn1. The van der Waals surface area contributed by atoms with Crippen LogP contribution in [0.1, 0.15) is 25.1 Å². The first-order valence-corrected chi connectivity index (χ1v) is 9.05. The Morgan fingerprint density at radius 2 is 2.03 bits per heavy atom. The molecule has 1 heterocycles. The third kappa shape index (κ3) is 6.33. The average Bonchev–Trinajstić information content (AvgIpc) is 3.44. The van der Waals surface area contributed by atoms with Crippen molar-refractivity contribution in [1.29, 1.82) is 0 Å². The molecule has 1 aromatic carbocycles. The lowest BCUT2D eigenvalue weighted by molar-refractivity contribution is -0.153. The number of hydrogen-bond acceptors (Lipinski definition) is 4. The van der Waals surface area contributed by atoms with Crippen LogP contribution < -0.4 is 14.8 Å². The zero-order valence-corrected chi connectivity index (χ0v) is 15.6. The van der Waals surface area contributed by atoms with E-state index >= 15 is 0 Å². The molecule has 3 atom stereocenters. The summed E-state index contributed by atoms with van der Waals surface area (Å²) in [5.41, 5.74) is 0.505. The van der Waals surface area contributed by atoms with E-state index < -0.39 is 18.8 Å². The maximum absolute atomic E-state index is 13.1. The van der Waals surface area contributed by atoms with Crippen LogP contribution in [0.3, 0.4) is 0 Å². The highest BCUT2D eigenvalue weighted by Crippen LogP contribution is 2.39. The molecule has 1 aliphatic carbocycles. The highest BCUT2D eigenvalue weighted by molar-refractivity contribution is 5.81. The number of halogens is 4. The van der Waals surface area contributed by atoms with Crippen molar-refractivity contribution in [3.05, 3.63) is 54.1 Å². The van der Waals surface area contributed by atoms with E-state index in [1.54, 1.807) is 19.1 Å². The second-order valence-electron chi connectivity index (χ2n) is 6.92. The van der Waals surface area contributed by atoms with E-state index in [0.29, 0.717) is 24.5 Å². The lowest BCUT2D eigenvalue weighted by atomic mass is 10.2. The van der Waals surface area contributed by atoms with Crippen LogP contribution in [0.5, 0.6) is 11.5 Å². The topological polar surface area (TPSA) is 60.5 Å². The Labute approximate surface area is 165 Å². The van der Waals surface area contributed by atoms with Crippen LogP contribution in [0.4, 0.5) is 17.6 Å². The van der Waals surface area contributed by atoms with Crippen LogP contribution in [0.15, 0.2) is 42.6 Å². The quantitative estimate of drug-likeness (QED) is 0.665. The summed E-state index contributed by atoms with van der Waals surface area (Å²) in [6, 6.07) is 8.28. The molecule has 0 bridgehead atoms. The predicted octanol–water partition coefficient (Wildman–Crippen LogP) is 4.05. The van der Waals surface area contributed by atoms with Crippen LogP contribution in [-0.2, 0) is 4.79 Å². The van der Waals surface area contributed by atoms with Crippen LogP contribution >= 0.6 is 0 Å². The molecule has 0 spiro atoms. The monoisotopic (exact) mass is 412 g/mol. The van der Waals surface area contributed by atoms with E-state index in [9.17, 15) is 22.4 Å². The number of aromatic nitrogens is 1. The largest absolute Gasteiger partial charge is 0.493 e. The summed E-state index contributed by atoms with van der Waals surface area (Å²) in [4.78, 5) is 16.4. The summed E-state index contributed by atoms with van der Waals surface area (Å²) < 4.78 is 59.7. The Morgan fingerprint density at radius 1 is 1.24 bits per heavy atom. The Morgan fingerprint density at radius 3 is 2.69 bits per heavy atom. The molecule has 1 aliphatic rings. The first-order valence-electron chi connectivity index (χ1n) is 9.05. The van der Waals surface area contributed by atoms with Crippen molar-refractivity contribution in [1.82, 2.24) is 10.3 Å². The number of pyridine rings is 1. The molecule has 1 fully saturated rings. The Kier molecular flexibility index (Phi) is 6.24. The molecule has 0 radical (unpaired) electrons. The summed E-state index contributed by atoms with van der Waals surface area (Å²) in [5.74, 6) is -0.256. The minimum Gasteiger partial charge on any atom is -0.493 e. The normalized spacial score (nSPS) is 19.3. The number of alkyl halides is 3. The maximum atomic E-state index is 13.1. The van der Waals surface area contributed by atoms with Gasteiger partial charge in [0.25, 0.3) is 0 Å². The predicted molar refractivity (Wildman–Crippen MR) is 95.8 cm³/mol. The average molecular weight is 412 g/mol. The molecule has 1 N–H and O–H groups in total. The van der Waals surface area contributed by atoms with Crippen molar-refractivity contribution < 1.29 is 31.8 Å². The summed E-state index contributed by atoms with van der Waals surface area (Å²) in [5, 5.41) is 2.83. The summed E-state index contributed by atoms with van der Waals surface area (Å²) in [6.07, 6.45) is -2.55. The van der Waals surface area contributed by atoms with Crippen LogP contribution in [0.25, 0.3) is 0 Å². The molecule has 2 aromatic rings. The Balaban J connectivity index is 1.43. The van der Waals surface area contributed by atoms with Gasteiger partial charge in [0.05, 0.1) is 24.5 Å². The molecule has 0 aliphatic heterocycles. The van der Waals surface area contributed by atoms with Crippen molar-refractivity contribution >= 4 is 5.91 Å². The molecular weight excluding hydrogens is 392 g/mol. The molecule has 1 saturated carbocycles. The summed E-state index contributed by atoms with van der Waals surface area (Å²) in [6.45, 7) is 0.664. The van der Waals surface area contributed by atoms with Crippen molar-refractivity contribution in [3.63, 3.8) is 0 Å². The van der Waals surface area contributed by atoms with Gasteiger partial charge < -0.3 is 14.8 Å². The number of nitrogens with zero attached hydrogens (tertiary/aromatic N) is 1. The fourth-order valence-corrected chi connectivity index (χ4v) is 2.81. The number of ether oxygens (including phenoxy) is 2. The fourth-order valence-electron chi connectivity index (χ4n) is 2.81. The zero-order valence-electron chi connectivity index (χ0n) is 15.6. The highest BCUT2D eigenvalue weighted by atomic mass is 19.4. The molecule has 29 heavy (non-hydrogen) atoms. The van der Waals surface area contributed by atoms with Gasteiger partial charge in [0.2, 0.25) is 5.91 Å². The van der Waals surface area contributed by atoms with Crippen molar-refractivity contribution in [2.45, 2.75) is 25.6 Å². The van der Waals surface area contributed by atoms with Gasteiger partial charge in [-0.1, -0.05) is 6.07 Å². The smallest absolute Gasteiger partial charge is 0.422 e. The number of benzene rings is 1. The van der Waals surface area contributed by atoms with Gasteiger partial charge in [-0.2, -0.15) is 13.2 Å². The molecule has 2 unspecified atom stereocenters. The molecular formula is C20H20F4N2O3. The van der Waals surface area contributed by atoms with Crippen molar-refractivity contribution in [3.8, 4) is 11.5 Å². The van der Waals surface area contributed by atoms with Crippen LogP contribution in [0, 0.1) is 17.7 Å². The number of nitrogens with one attached hydrogen (secondary N) is 1. The molecule has 9 heteroatoms. The summed E-state index contributed by atoms with van der Waals surface area (Å²) >= 11 is 0. The highest BCUT2D eigenvalue weighted by Gasteiger charge is 2.43. The van der Waals surface area contributed by atoms with Crippen LogP contribution in [-0.4, -0.2) is 30.3 Å². The first-order chi connectivity index (χ1) is 13.7. The van der Waals surface area contributed by atoms with Gasteiger partial charge in [-0.15, -0.1) is 0 Å². The van der Waals surface area contributed by atoms with Gasteiger partial charge in [0, 0.05) is 17.9 Å². The number of rotatable bonds is 8. The third-order valence-electron chi connectivity index (χ3n) is 4.48. The number of amides is 1. The van der Waals surface area contributed by atoms with Crippen molar-refractivity contribution in [2.75, 3.05) is 13.2 Å². The third-order valence-corrected chi connectivity index (χ3v) is 4.48. The van der Waals surface area contributed by atoms with E-state index in [2.05, 4.69) is 15.0 Å². The molecule has 1 aromatic heterocycles. The van der Waals surface area contributed by atoms with Crippen molar-refractivity contribution in [2.24, 2.45) is 11.8 Å². The fraction of sp³-hybridized carbons (Fsp3) is 0.400. The standard InChI is InChI=1S/C20H20F4N2O3/c1-12(18-6-5-16(9-25-18)29-11-20(22,23)24)26-19(27)17-7-13(17)10-28-15-4-2-3-14(21)8-15/h2-6,8-9,12-13,17H,7,10-11H2,1H3,(H,26,27)/t12-,13?,17?/m1/s1. The van der Waals surface area contributed by atoms with E-state index in [-0.39, 0.29) is 29.3 Å². The van der Waals surface area contributed by atoms with Gasteiger partial charge in [-0.3, -0.25) is 9.78 Å². The minimum atomic E-state index is -4.42. The second-order valence-corrected chi connectivity index (χ2v) is 6.92. The molecule has 0 saturated heterocycles. The maximum Gasteiger partial charge on any atom is 0.422 e. The van der Waals surface area contributed by atoms with Crippen LogP contribution in [0.2, 0.25) is 0 Å². The lowest BCUT2D eigenvalue weighted by Crippen LogP contribution is -2.29. The van der Waals surface area contributed by atoms with E-state index in [0.717, 1.165) is 0 Å². The number of carbonyl (C=O) groups excluding carboxylic acids is 1. The lowest BCUT2D eigenvalue weighted by Gasteiger charge is -2.14. The first kappa shape index (κ1) is 20.9. The number of carbonyl (C=O) groups is 1. The number of hydrogen-bond donors (Lipinski definition) is 1. The molecule has 156 valence electrons. The van der Waals surface area contributed by atoms with E-state index in [1.807, 2.05) is 0 Å². The molecule has 1 amide bonds.